The number of aryl methyl sites for hydroxylation is 1. The monoisotopic (exact) mass is 360 g/mol. The lowest BCUT2D eigenvalue weighted by Crippen LogP contribution is -2.41. The lowest BCUT2D eigenvalue weighted by molar-refractivity contribution is -0.137. The summed E-state index contributed by atoms with van der Waals surface area (Å²) in [5.41, 5.74) is -0.604. The molecule has 2 aromatic heterocycles. The van der Waals surface area contributed by atoms with Crippen LogP contribution in [0.25, 0.3) is 22.4 Å². The Morgan fingerprint density at radius 3 is 2.48 bits per heavy atom. The quantitative estimate of drug-likeness (QED) is 0.753. The normalized spacial score (nSPS) is 11.0. The summed E-state index contributed by atoms with van der Waals surface area (Å²) >= 11 is 5.86. The number of fused-ring (bicyclic) bond motifs is 1. The molecule has 0 bridgehead atoms. The lowest BCUT2D eigenvalue weighted by Gasteiger charge is -2.11. The predicted octanol–water partition coefficient (Wildman–Crippen LogP) is 1.38. The fourth-order valence-electron chi connectivity index (χ4n) is 2.50. The maximum atomic E-state index is 12.4. The molecule has 2 heterocycles. The van der Waals surface area contributed by atoms with Crippen molar-refractivity contribution in [1.82, 2.24) is 19.1 Å². The van der Waals surface area contributed by atoms with Crippen molar-refractivity contribution in [3.05, 3.63) is 56.3 Å². The highest BCUT2D eigenvalue weighted by Gasteiger charge is 2.16. The van der Waals surface area contributed by atoms with E-state index in [-0.39, 0.29) is 17.6 Å². The van der Waals surface area contributed by atoms with Crippen LogP contribution in [0.3, 0.4) is 0 Å². The molecule has 0 amide bonds. The van der Waals surface area contributed by atoms with E-state index >= 15 is 0 Å². The second kappa shape index (κ2) is 6.48. The Hall–Kier alpha value is -3.00. The first kappa shape index (κ1) is 16.8. The Morgan fingerprint density at radius 2 is 1.88 bits per heavy atom. The van der Waals surface area contributed by atoms with Gasteiger partial charge in [0, 0.05) is 23.3 Å². The number of aliphatic carboxylic acids is 1. The third-order valence-corrected chi connectivity index (χ3v) is 3.93. The van der Waals surface area contributed by atoms with Gasteiger partial charge in [0.15, 0.2) is 11.5 Å². The van der Waals surface area contributed by atoms with E-state index in [0.717, 1.165) is 0 Å². The zero-order valence-corrected chi connectivity index (χ0v) is 13.9. The number of hydrogen-bond acceptors (Lipinski definition) is 5. The van der Waals surface area contributed by atoms with Gasteiger partial charge in [-0.15, -0.1) is 0 Å². The summed E-state index contributed by atoms with van der Waals surface area (Å²) in [4.78, 5) is 44.3. The molecule has 0 atom stereocenters. The van der Waals surface area contributed by atoms with Crippen molar-refractivity contribution in [3.63, 3.8) is 0 Å². The topological polar surface area (TPSA) is 107 Å². The van der Waals surface area contributed by atoms with E-state index in [4.69, 9.17) is 16.7 Å². The summed E-state index contributed by atoms with van der Waals surface area (Å²) in [6.07, 6.45) is 1.30. The third kappa shape index (κ3) is 3.03. The average molecular weight is 361 g/mol. The number of hydrogen-bond donors (Lipinski definition) is 1. The maximum absolute atomic E-state index is 12.4. The maximum Gasteiger partial charge on any atom is 0.333 e. The van der Waals surface area contributed by atoms with Gasteiger partial charge in [-0.05, 0) is 31.2 Å². The van der Waals surface area contributed by atoms with Gasteiger partial charge in [-0.25, -0.2) is 19.3 Å². The fraction of sp³-hybridized carbons (Fsp3) is 0.188. The van der Waals surface area contributed by atoms with E-state index in [1.54, 1.807) is 31.2 Å². The number of carboxylic acid groups (broad SMARTS) is 1. The summed E-state index contributed by atoms with van der Waals surface area (Å²) < 4.78 is 1.92. The van der Waals surface area contributed by atoms with Gasteiger partial charge >= 0.3 is 11.7 Å². The van der Waals surface area contributed by atoms with Crippen LogP contribution in [0.15, 0.2) is 40.1 Å². The molecule has 0 aliphatic rings. The highest BCUT2D eigenvalue weighted by atomic mass is 35.5. The zero-order valence-electron chi connectivity index (χ0n) is 13.1. The number of rotatable bonds is 4. The second-order valence-electron chi connectivity index (χ2n) is 5.25. The molecule has 25 heavy (non-hydrogen) atoms. The first-order valence-corrected chi connectivity index (χ1v) is 7.78. The molecule has 0 unspecified atom stereocenters. The molecular weight excluding hydrogens is 348 g/mol. The fourth-order valence-corrected chi connectivity index (χ4v) is 2.62. The van der Waals surface area contributed by atoms with E-state index in [0.29, 0.717) is 21.0 Å². The van der Waals surface area contributed by atoms with Gasteiger partial charge in [0.25, 0.3) is 5.56 Å². The molecule has 0 fully saturated rings. The molecule has 1 N–H and O–H groups in total. The molecule has 9 heteroatoms. The first-order valence-electron chi connectivity index (χ1n) is 7.40. The van der Waals surface area contributed by atoms with Crippen LogP contribution in [0, 0.1) is 0 Å². The SMILES string of the molecule is CCn1c(=O)n(CC(=O)O)c(=O)c2cnc(-c3ccc(Cl)cc3)nc21. The number of aromatic nitrogens is 4. The van der Waals surface area contributed by atoms with E-state index in [9.17, 15) is 14.4 Å². The largest absolute Gasteiger partial charge is 0.480 e. The number of halogens is 1. The van der Waals surface area contributed by atoms with Gasteiger partial charge < -0.3 is 5.11 Å². The van der Waals surface area contributed by atoms with Crippen molar-refractivity contribution < 1.29 is 9.90 Å². The first-order chi connectivity index (χ1) is 11.9. The summed E-state index contributed by atoms with van der Waals surface area (Å²) in [5, 5.41) is 9.56. The van der Waals surface area contributed by atoms with Crippen molar-refractivity contribution in [2.24, 2.45) is 0 Å². The lowest BCUT2D eigenvalue weighted by atomic mass is 10.2. The van der Waals surface area contributed by atoms with Crippen LogP contribution in [-0.2, 0) is 17.9 Å². The van der Waals surface area contributed by atoms with E-state index in [2.05, 4.69) is 9.97 Å². The van der Waals surface area contributed by atoms with Crippen LogP contribution < -0.4 is 11.2 Å². The van der Waals surface area contributed by atoms with Gasteiger partial charge in [-0.2, -0.15) is 0 Å². The average Bonchev–Trinajstić information content (AvgIpc) is 2.59. The Morgan fingerprint density at radius 1 is 1.20 bits per heavy atom. The molecular formula is C16H13ClN4O4. The molecule has 0 radical (unpaired) electrons. The second-order valence-corrected chi connectivity index (χ2v) is 5.69. The predicted molar refractivity (Wildman–Crippen MR) is 91.8 cm³/mol. The van der Waals surface area contributed by atoms with Crippen LogP contribution in [0.5, 0.6) is 0 Å². The van der Waals surface area contributed by atoms with Gasteiger partial charge in [-0.1, -0.05) is 11.6 Å². The van der Waals surface area contributed by atoms with E-state index < -0.39 is 23.8 Å². The van der Waals surface area contributed by atoms with Gasteiger partial charge in [0.2, 0.25) is 0 Å². The van der Waals surface area contributed by atoms with Crippen LogP contribution in [0.1, 0.15) is 6.92 Å². The summed E-state index contributed by atoms with van der Waals surface area (Å²) in [6.45, 7) is 1.22. The molecule has 1 aromatic carbocycles. The van der Waals surface area contributed by atoms with Crippen molar-refractivity contribution in [3.8, 4) is 11.4 Å². The number of benzene rings is 1. The Labute approximate surface area is 146 Å². The minimum absolute atomic E-state index is 0.0837. The van der Waals surface area contributed by atoms with Gasteiger partial charge in [0.1, 0.15) is 11.9 Å². The molecule has 128 valence electrons. The molecule has 3 rings (SSSR count). The molecule has 0 aliphatic carbocycles. The van der Waals surface area contributed by atoms with Crippen molar-refractivity contribution in [2.75, 3.05) is 0 Å². The smallest absolute Gasteiger partial charge is 0.333 e. The molecule has 8 nitrogen and oxygen atoms in total. The molecule has 0 saturated heterocycles. The van der Waals surface area contributed by atoms with Gasteiger partial charge in [-0.3, -0.25) is 14.2 Å². The van der Waals surface area contributed by atoms with Crippen molar-refractivity contribution in [2.45, 2.75) is 20.0 Å². The van der Waals surface area contributed by atoms with Crippen LogP contribution in [0.4, 0.5) is 0 Å². The Balaban J connectivity index is 2.30. The van der Waals surface area contributed by atoms with Crippen LogP contribution in [-0.4, -0.2) is 30.2 Å². The van der Waals surface area contributed by atoms with Crippen LogP contribution >= 0.6 is 11.6 Å². The third-order valence-electron chi connectivity index (χ3n) is 3.67. The molecule has 3 aromatic rings. The molecule has 0 aliphatic heterocycles. The minimum atomic E-state index is -1.28. The van der Waals surface area contributed by atoms with Crippen LogP contribution in [0.2, 0.25) is 5.02 Å². The molecule has 0 spiro atoms. The summed E-state index contributed by atoms with van der Waals surface area (Å²) in [5.74, 6) is -0.943. The summed E-state index contributed by atoms with van der Waals surface area (Å²) in [7, 11) is 0. The van der Waals surface area contributed by atoms with Crippen molar-refractivity contribution >= 4 is 28.6 Å². The molecule has 0 saturated carbocycles. The summed E-state index contributed by atoms with van der Waals surface area (Å²) in [6, 6.07) is 6.82. The highest BCUT2D eigenvalue weighted by molar-refractivity contribution is 6.30. The Bertz CT molecular complexity index is 1090. The minimum Gasteiger partial charge on any atom is -0.480 e. The standard InChI is InChI=1S/C16H13ClN4O4/c1-2-20-14-11(15(24)21(16(20)25)8-12(22)23)7-18-13(19-14)9-3-5-10(17)6-4-9/h3-7H,2,8H2,1H3,(H,22,23). The number of nitrogens with zero attached hydrogens (tertiary/aromatic N) is 4. The zero-order chi connectivity index (χ0) is 18.1. The highest BCUT2D eigenvalue weighted by Crippen LogP contribution is 2.19. The number of carbonyl (C=O) groups is 1. The number of carboxylic acids is 1. The van der Waals surface area contributed by atoms with E-state index in [1.807, 2.05) is 0 Å². The van der Waals surface area contributed by atoms with Crippen molar-refractivity contribution in [1.29, 1.82) is 0 Å². The van der Waals surface area contributed by atoms with Gasteiger partial charge in [0.05, 0.1) is 0 Å². The Kier molecular flexibility index (Phi) is 4.37. The van der Waals surface area contributed by atoms with E-state index in [1.165, 1.54) is 10.8 Å².